The average Bonchev–Trinajstić information content (AvgIpc) is 2.14. The lowest BCUT2D eigenvalue weighted by Crippen LogP contribution is -2.19. The number of hydrogen-bond donors (Lipinski definition) is 1. The molecule has 17 heavy (non-hydrogen) atoms. The molecule has 1 N–H and O–H groups in total. The molecular weight excluding hydrogens is 240 g/mol. The maximum Gasteiger partial charge on any atom is 0.318 e. The van der Waals surface area contributed by atoms with Crippen LogP contribution in [0.5, 0.6) is 0 Å². The van der Waals surface area contributed by atoms with E-state index in [1.54, 1.807) is 0 Å². The van der Waals surface area contributed by atoms with Gasteiger partial charge in [-0.05, 0) is 31.4 Å². The van der Waals surface area contributed by atoms with Crippen molar-refractivity contribution < 1.29 is 18.3 Å². The fraction of sp³-hybridized carbons (Fsp3) is 0.417. The molecule has 4 nitrogen and oxygen atoms in total. The maximum absolute atomic E-state index is 11.4. The monoisotopic (exact) mass is 256 g/mol. The predicted molar refractivity (Wildman–Crippen MR) is 65.9 cm³/mol. The third kappa shape index (κ3) is 4.56. The van der Waals surface area contributed by atoms with E-state index in [4.69, 9.17) is 5.11 Å². The second kappa shape index (κ2) is 5.31. The van der Waals surface area contributed by atoms with Gasteiger partial charge in [0.15, 0.2) is 9.84 Å². The molecule has 0 bridgehead atoms. The molecule has 0 spiro atoms. The van der Waals surface area contributed by atoms with Crippen LogP contribution >= 0.6 is 0 Å². The molecule has 0 aromatic heterocycles. The molecule has 5 heteroatoms. The summed E-state index contributed by atoms with van der Waals surface area (Å²) in [6, 6.07) is 5.80. The zero-order valence-corrected chi connectivity index (χ0v) is 10.8. The van der Waals surface area contributed by atoms with Crippen molar-refractivity contribution >= 4 is 15.8 Å². The van der Waals surface area contributed by atoms with Crippen molar-refractivity contribution in [1.29, 1.82) is 0 Å². The molecule has 0 unspecified atom stereocenters. The molecule has 0 saturated carbocycles. The highest BCUT2D eigenvalue weighted by atomic mass is 32.2. The van der Waals surface area contributed by atoms with Crippen LogP contribution in [0.4, 0.5) is 0 Å². The second-order valence-electron chi connectivity index (χ2n) is 4.17. The van der Waals surface area contributed by atoms with E-state index in [1.807, 2.05) is 32.0 Å². The fourth-order valence-corrected chi connectivity index (χ4v) is 2.70. The van der Waals surface area contributed by atoms with Crippen LogP contribution in [0, 0.1) is 13.8 Å². The highest BCUT2D eigenvalue weighted by Crippen LogP contribution is 2.12. The van der Waals surface area contributed by atoms with Gasteiger partial charge in [-0.15, -0.1) is 0 Å². The van der Waals surface area contributed by atoms with Crippen molar-refractivity contribution in [3.8, 4) is 0 Å². The smallest absolute Gasteiger partial charge is 0.318 e. The van der Waals surface area contributed by atoms with Gasteiger partial charge in [-0.1, -0.05) is 23.8 Å². The molecule has 0 aliphatic carbocycles. The fourth-order valence-electron chi connectivity index (χ4n) is 1.65. The van der Waals surface area contributed by atoms with Crippen LogP contribution in [0.3, 0.4) is 0 Å². The van der Waals surface area contributed by atoms with E-state index in [9.17, 15) is 13.2 Å². The molecule has 0 atom stereocenters. The summed E-state index contributed by atoms with van der Waals surface area (Å²) >= 11 is 0. The van der Waals surface area contributed by atoms with Gasteiger partial charge in [0, 0.05) is 0 Å². The van der Waals surface area contributed by atoms with E-state index >= 15 is 0 Å². The first-order valence-electron chi connectivity index (χ1n) is 5.28. The van der Waals surface area contributed by atoms with Crippen LogP contribution < -0.4 is 0 Å². The Morgan fingerprint density at radius 3 is 2.47 bits per heavy atom. The van der Waals surface area contributed by atoms with Crippen molar-refractivity contribution in [2.45, 2.75) is 20.3 Å². The lowest BCUT2D eigenvalue weighted by molar-refractivity contribution is -0.134. The molecule has 1 aromatic carbocycles. The minimum absolute atomic E-state index is 0.122. The highest BCUT2D eigenvalue weighted by Gasteiger charge is 2.16. The summed E-state index contributed by atoms with van der Waals surface area (Å²) in [7, 11) is -3.51. The number of benzene rings is 1. The quantitative estimate of drug-likeness (QED) is 0.863. The lowest BCUT2D eigenvalue weighted by Gasteiger charge is -2.06. The summed E-state index contributed by atoms with van der Waals surface area (Å²) in [5, 5.41) is 8.46. The van der Waals surface area contributed by atoms with Crippen LogP contribution in [0.15, 0.2) is 18.2 Å². The van der Waals surface area contributed by atoms with Gasteiger partial charge in [-0.2, -0.15) is 0 Å². The van der Waals surface area contributed by atoms with E-state index < -0.39 is 21.6 Å². The summed E-state index contributed by atoms with van der Waals surface area (Å²) in [5.74, 6) is -2.22. The first kappa shape index (κ1) is 13.7. The van der Waals surface area contributed by atoms with Crippen molar-refractivity contribution in [2.24, 2.45) is 0 Å². The summed E-state index contributed by atoms with van der Waals surface area (Å²) in [4.78, 5) is 10.4. The number of carboxylic acids is 1. The van der Waals surface area contributed by atoms with Gasteiger partial charge < -0.3 is 5.11 Å². The van der Waals surface area contributed by atoms with Crippen LogP contribution in [0.2, 0.25) is 0 Å². The van der Waals surface area contributed by atoms with Gasteiger partial charge in [0.2, 0.25) is 0 Å². The lowest BCUT2D eigenvalue weighted by atomic mass is 10.0. The Morgan fingerprint density at radius 2 is 1.94 bits per heavy atom. The zero-order valence-electron chi connectivity index (χ0n) is 9.93. The molecule has 94 valence electrons. The molecular formula is C12H16O4S. The molecule has 0 fully saturated rings. The van der Waals surface area contributed by atoms with E-state index in [2.05, 4.69) is 0 Å². The Kier molecular flexibility index (Phi) is 4.28. The van der Waals surface area contributed by atoms with Crippen LogP contribution in [0.1, 0.15) is 16.7 Å². The summed E-state index contributed by atoms with van der Waals surface area (Å²) in [5.41, 5.74) is 3.11. The molecule has 1 rings (SSSR count). The van der Waals surface area contributed by atoms with Crippen LogP contribution in [0.25, 0.3) is 0 Å². The molecule has 1 aromatic rings. The van der Waals surface area contributed by atoms with Crippen molar-refractivity contribution in [3.05, 3.63) is 34.9 Å². The molecule has 0 aliphatic heterocycles. The van der Waals surface area contributed by atoms with E-state index in [0.29, 0.717) is 6.42 Å². The van der Waals surface area contributed by atoms with Gasteiger partial charge in [0.05, 0.1) is 5.75 Å². The van der Waals surface area contributed by atoms with Crippen LogP contribution in [-0.4, -0.2) is 31.0 Å². The number of aliphatic carboxylic acids is 1. The molecule has 0 aliphatic rings. The molecule has 0 radical (unpaired) electrons. The minimum atomic E-state index is -3.51. The third-order valence-electron chi connectivity index (χ3n) is 2.52. The second-order valence-corrected chi connectivity index (χ2v) is 6.35. The van der Waals surface area contributed by atoms with Crippen molar-refractivity contribution in [1.82, 2.24) is 0 Å². The Morgan fingerprint density at radius 1 is 1.29 bits per heavy atom. The van der Waals surface area contributed by atoms with E-state index in [1.165, 1.54) is 0 Å². The van der Waals surface area contributed by atoms with Crippen LogP contribution in [-0.2, 0) is 21.1 Å². The Balaban J connectivity index is 2.71. The number of carboxylic acid groups (broad SMARTS) is 1. The Labute approximate surface area is 101 Å². The Hall–Kier alpha value is -1.36. The summed E-state index contributed by atoms with van der Waals surface area (Å²) in [6.45, 7) is 3.89. The first-order chi connectivity index (χ1) is 7.80. The normalized spacial score (nSPS) is 11.4. The van der Waals surface area contributed by atoms with Gasteiger partial charge in [0.1, 0.15) is 5.75 Å². The topological polar surface area (TPSA) is 71.4 Å². The SMILES string of the molecule is Cc1ccc(CCS(=O)(=O)CC(=O)O)c(C)c1. The summed E-state index contributed by atoms with van der Waals surface area (Å²) < 4.78 is 22.8. The van der Waals surface area contributed by atoms with Gasteiger partial charge in [-0.25, -0.2) is 8.42 Å². The summed E-state index contributed by atoms with van der Waals surface area (Å²) in [6.07, 6.45) is 0.363. The molecule has 0 amide bonds. The van der Waals surface area contributed by atoms with E-state index in [0.717, 1.165) is 16.7 Å². The largest absolute Gasteiger partial charge is 0.480 e. The van der Waals surface area contributed by atoms with Crippen molar-refractivity contribution in [3.63, 3.8) is 0 Å². The number of hydrogen-bond acceptors (Lipinski definition) is 3. The van der Waals surface area contributed by atoms with Crippen molar-refractivity contribution in [2.75, 3.05) is 11.5 Å². The average molecular weight is 256 g/mol. The minimum Gasteiger partial charge on any atom is -0.480 e. The molecule has 0 saturated heterocycles. The predicted octanol–water partition coefficient (Wildman–Crippen LogP) is 1.35. The first-order valence-corrected chi connectivity index (χ1v) is 7.10. The standard InChI is InChI=1S/C12H16O4S/c1-9-3-4-11(10(2)7-9)5-6-17(15,16)8-12(13)14/h3-4,7H,5-6,8H2,1-2H3,(H,13,14). The van der Waals surface area contributed by atoms with Gasteiger partial charge in [0.25, 0.3) is 0 Å². The number of rotatable bonds is 5. The number of carbonyl (C=O) groups is 1. The number of aryl methyl sites for hydroxylation is 3. The van der Waals surface area contributed by atoms with Gasteiger partial charge in [-0.3, -0.25) is 4.79 Å². The highest BCUT2D eigenvalue weighted by molar-refractivity contribution is 7.92. The van der Waals surface area contributed by atoms with E-state index in [-0.39, 0.29) is 5.75 Å². The number of sulfone groups is 1. The van der Waals surface area contributed by atoms with Gasteiger partial charge >= 0.3 is 5.97 Å². The maximum atomic E-state index is 11.4. The molecule has 0 heterocycles. The third-order valence-corrected chi connectivity index (χ3v) is 4.04. The zero-order chi connectivity index (χ0) is 13.1. The Bertz CT molecular complexity index is 517.